The van der Waals surface area contributed by atoms with Gasteiger partial charge in [-0.1, -0.05) is 42.5 Å². The van der Waals surface area contributed by atoms with E-state index in [9.17, 15) is 14.0 Å². The van der Waals surface area contributed by atoms with Gasteiger partial charge in [0.15, 0.2) is 0 Å². The highest BCUT2D eigenvalue weighted by atomic mass is 19.1. The standard InChI is InChI=1S/C31H29FN6O2/c1-35(30-33-18-15-28(39)38(30)29(40)23-7-3-2-4-8-23)25-16-19-36(20-17-25)31-34-26-9-5-6-10-27(26)37(31)21-22-11-13-24(32)14-12-22/h2-15,18,25H,16-17,19-21H2,1H3. The number of rotatable bonds is 6. The lowest BCUT2D eigenvalue weighted by Gasteiger charge is -2.38. The lowest BCUT2D eigenvalue weighted by atomic mass is 10.0. The molecule has 0 radical (unpaired) electrons. The van der Waals surface area contributed by atoms with Gasteiger partial charge in [-0.15, -0.1) is 0 Å². The monoisotopic (exact) mass is 536 g/mol. The van der Waals surface area contributed by atoms with Gasteiger partial charge in [0.05, 0.1) is 17.6 Å². The first-order valence-electron chi connectivity index (χ1n) is 13.3. The smallest absolute Gasteiger partial charge is 0.267 e. The molecule has 0 spiro atoms. The maximum absolute atomic E-state index is 13.5. The Morgan fingerprint density at radius 2 is 1.65 bits per heavy atom. The fourth-order valence-corrected chi connectivity index (χ4v) is 5.40. The molecule has 0 unspecified atom stereocenters. The number of anilines is 2. The summed E-state index contributed by atoms with van der Waals surface area (Å²) in [6.07, 6.45) is 3.04. The van der Waals surface area contributed by atoms with E-state index in [2.05, 4.69) is 20.5 Å². The van der Waals surface area contributed by atoms with Gasteiger partial charge < -0.3 is 14.4 Å². The molecule has 3 aromatic carbocycles. The van der Waals surface area contributed by atoms with E-state index in [4.69, 9.17) is 4.98 Å². The summed E-state index contributed by atoms with van der Waals surface area (Å²) in [4.78, 5) is 39.7. The highest BCUT2D eigenvalue weighted by Gasteiger charge is 2.29. The Morgan fingerprint density at radius 3 is 2.40 bits per heavy atom. The van der Waals surface area contributed by atoms with Crippen LogP contribution in [0.5, 0.6) is 0 Å². The summed E-state index contributed by atoms with van der Waals surface area (Å²) in [6, 6.07) is 24.8. The molecule has 1 aliphatic heterocycles. The van der Waals surface area contributed by atoms with Crippen LogP contribution in [0.25, 0.3) is 11.0 Å². The second kappa shape index (κ2) is 10.8. The number of para-hydroxylation sites is 2. The van der Waals surface area contributed by atoms with Crippen molar-refractivity contribution in [2.45, 2.75) is 25.4 Å². The molecule has 1 fully saturated rings. The molecule has 0 amide bonds. The maximum atomic E-state index is 13.5. The van der Waals surface area contributed by atoms with Crippen LogP contribution >= 0.6 is 0 Å². The van der Waals surface area contributed by atoms with Crippen molar-refractivity contribution in [3.63, 3.8) is 0 Å². The first-order valence-corrected chi connectivity index (χ1v) is 13.3. The van der Waals surface area contributed by atoms with Crippen molar-refractivity contribution in [1.29, 1.82) is 0 Å². The Hall–Kier alpha value is -4.79. The van der Waals surface area contributed by atoms with Crippen LogP contribution in [0.1, 0.15) is 28.8 Å². The number of piperidine rings is 1. The summed E-state index contributed by atoms with van der Waals surface area (Å²) in [5, 5.41) is 0. The van der Waals surface area contributed by atoms with E-state index in [0.717, 1.165) is 53.0 Å². The van der Waals surface area contributed by atoms with Gasteiger partial charge in [-0.3, -0.25) is 9.59 Å². The Bertz CT molecular complexity index is 1710. The Kier molecular flexibility index (Phi) is 6.86. The molecule has 0 N–H and O–H groups in total. The van der Waals surface area contributed by atoms with Gasteiger partial charge in [0.1, 0.15) is 5.82 Å². The fraction of sp³-hybridized carbons (Fsp3) is 0.226. The quantitative estimate of drug-likeness (QED) is 0.316. The summed E-state index contributed by atoms with van der Waals surface area (Å²) in [5.74, 6) is 0.561. The number of benzene rings is 3. The normalized spacial score (nSPS) is 14.0. The number of hydrogen-bond donors (Lipinski definition) is 0. The van der Waals surface area contributed by atoms with Crippen LogP contribution in [0, 0.1) is 5.82 Å². The fourth-order valence-electron chi connectivity index (χ4n) is 5.40. The number of halogens is 1. The molecule has 1 saturated heterocycles. The molecular weight excluding hydrogens is 507 g/mol. The number of carbonyl (C=O) groups is 1. The predicted octanol–water partition coefficient (Wildman–Crippen LogP) is 4.57. The molecule has 40 heavy (non-hydrogen) atoms. The number of hydrogen-bond acceptors (Lipinski definition) is 6. The van der Waals surface area contributed by atoms with Gasteiger partial charge in [-0.25, -0.2) is 18.9 Å². The molecular formula is C31H29FN6O2. The van der Waals surface area contributed by atoms with E-state index < -0.39 is 11.5 Å². The van der Waals surface area contributed by atoms with Crippen molar-refractivity contribution >= 4 is 28.8 Å². The first kappa shape index (κ1) is 25.5. The zero-order chi connectivity index (χ0) is 27.6. The molecule has 0 bridgehead atoms. The minimum atomic E-state index is -0.405. The lowest BCUT2D eigenvalue weighted by Crippen LogP contribution is -2.46. The van der Waals surface area contributed by atoms with Gasteiger partial charge in [-0.2, -0.15) is 0 Å². The van der Waals surface area contributed by atoms with Crippen molar-refractivity contribution in [3.05, 3.63) is 118 Å². The molecule has 2 aromatic heterocycles. The van der Waals surface area contributed by atoms with E-state index in [1.807, 2.05) is 36.2 Å². The highest BCUT2D eigenvalue weighted by molar-refractivity contribution is 5.97. The van der Waals surface area contributed by atoms with Crippen molar-refractivity contribution in [2.24, 2.45) is 0 Å². The van der Waals surface area contributed by atoms with Crippen LogP contribution in [0.15, 0.2) is 95.9 Å². The van der Waals surface area contributed by atoms with E-state index in [1.54, 1.807) is 36.4 Å². The molecule has 202 valence electrons. The number of aromatic nitrogens is 4. The Balaban J connectivity index is 1.24. The predicted molar refractivity (Wildman–Crippen MR) is 154 cm³/mol. The van der Waals surface area contributed by atoms with Crippen LogP contribution in [0.3, 0.4) is 0 Å². The molecule has 0 saturated carbocycles. The summed E-state index contributed by atoms with van der Waals surface area (Å²) < 4.78 is 16.9. The van der Waals surface area contributed by atoms with Crippen LogP contribution < -0.4 is 15.4 Å². The lowest BCUT2D eigenvalue weighted by molar-refractivity contribution is 0.0956. The zero-order valence-electron chi connectivity index (χ0n) is 22.2. The third kappa shape index (κ3) is 4.86. The van der Waals surface area contributed by atoms with Gasteiger partial charge in [-0.05, 0) is 54.8 Å². The molecule has 9 heteroatoms. The number of fused-ring (bicyclic) bond motifs is 1. The minimum absolute atomic E-state index is 0.0790. The molecule has 0 atom stereocenters. The largest absolute Gasteiger partial charge is 0.342 e. The summed E-state index contributed by atoms with van der Waals surface area (Å²) in [6.45, 7) is 2.06. The van der Waals surface area contributed by atoms with E-state index in [0.29, 0.717) is 18.1 Å². The van der Waals surface area contributed by atoms with Crippen LogP contribution in [0.2, 0.25) is 0 Å². The third-order valence-electron chi connectivity index (χ3n) is 7.55. The van der Waals surface area contributed by atoms with Gasteiger partial charge in [0.25, 0.3) is 11.5 Å². The number of carbonyl (C=O) groups excluding carboxylic acids is 1. The average Bonchev–Trinajstić information content (AvgIpc) is 3.36. The number of nitrogens with zero attached hydrogens (tertiary/aromatic N) is 6. The number of imidazole rings is 1. The Morgan fingerprint density at radius 1 is 0.950 bits per heavy atom. The van der Waals surface area contributed by atoms with Crippen LogP contribution in [0.4, 0.5) is 16.3 Å². The van der Waals surface area contributed by atoms with Crippen LogP contribution in [-0.2, 0) is 6.54 Å². The summed E-state index contributed by atoms with van der Waals surface area (Å²) in [5.41, 5.74) is 2.96. The Labute approximate surface area is 230 Å². The second-order valence-corrected chi connectivity index (χ2v) is 10.0. The van der Waals surface area contributed by atoms with E-state index >= 15 is 0 Å². The minimum Gasteiger partial charge on any atom is -0.342 e. The molecule has 5 aromatic rings. The third-order valence-corrected chi connectivity index (χ3v) is 7.55. The maximum Gasteiger partial charge on any atom is 0.267 e. The van der Waals surface area contributed by atoms with Crippen molar-refractivity contribution in [2.75, 3.05) is 29.9 Å². The van der Waals surface area contributed by atoms with Gasteiger partial charge >= 0.3 is 0 Å². The topological polar surface area (TPSA) is 76.3 Å². The summed E-state index contributed by atoms with van der Waals surface area (Å²) in [7, 11) is 1.89. The molecule has 1 aliphatic rings. The van der Waals surface area contributed by atoms with Crippen molar-refractivity contribution in [1.82, 2.24) is 19.1 Å². The van der Waals surface area contributed by atoms with Gasteiger partial charge in [0.2, 0.25) is 11.9 Å². The van der Waals surface area contributed by atoms with E-state index in [1.165, 1.54) is 24.4 Å². The van der Waals surface area contributed by atoms with Gasteiger partial charge in [0, 0.05) is 44.0 Å². The van der Waals surface area contributed by atoms with Crippen molar-refractivity contribution in [3.8, 4) is 0 Å². The molecule has 8 nitrogen and oxygen atoms in total. The zero-order valence-corrected chi connectivity index (χ0v) is 22.2. The van der Waals surface area contributed by atoms with Crippen LogP contribution in [-0.4, -0.2) is 51.2 Å². The second-order valence-electron chi connectivity index (χ2n) is 10.0. The van der Waals surface area contributed by atoms with Crippen molar-refractivity contribution < 1.29 is 9.18 Å². The van der Waals surface area contributed by atoms with E-state index in [-0.39, 0.29) is 11.9 Å². The SMILES string of the molecule is CN(c1nccc(=O)n1C(=O)c1ccccc1)C1CCN(c2nc3ccccc3n2Cc2ccc(F)cc2)CC1. The highest BCUT2D eigenvalue weighted by Crippen LogP contribution is 2.28. The molecule has 0 aliphatic carbocycles. The average molecular weight is 537 g/mol. The molecule has 6 rings (SSSR count). The summed E-state index contributed by atoms with van der Waals surface area (Å²) >= 11 is 0. The first-order chi connectivity index (χ1) is 19.5. The molecule has 3 heterocycles.